The molecule has 0 radical (unpaired) electrons. The number of unbranched alkanes of at least 4 members (excludes halogenated alkanes) is 1. The molecule has 0 amide bonds. The first-order valence-corrected chi connectivity index (χ1v) is 8.15. The van der Waals surface area contributed by atoms with E-state index in [1.807, 2.05) is 6.92 Å². The highest BCUT2D eigenvalue weighted by Crippen LogP contribution is 2.15. The van der Waals surface area contributed by atoms with Gasteiger partial charge in [0.05, 0.1) is 0 Å². The average molecular weight is 294 g/mol. The number of anilines is 3. The van der Waals surface area contributed by atoms with Gasteiger partial charge in [0, 0.05) is 25.7 Å². The second-order valence-corrected chi connectivity index (χ2v) is 5.17. The molecule has 1 heterocycles. The lowest BCUT2D eigenvalue weighted by Crippen LogP contribution is -2.26. The lowest BCUT2D eigenvalue weighted by molar-refractivity contribution is 0.640. The molecule has 0 aromatic carbocycles. The standard InChI is InChI=1S/C15H30N6/c1-6-10-11-12(5)17-14-18-13(16-7-2)19-15(20-14)21(8-3)9-4/h12H,6-11H2,1-5H3,(H2,16,17,18,19,20). The second kappa shape index (κ2) is 9.37. The van der Waals surface area contributed by atoms with E-state index >= 15 is 0 Å². The van der Waals surface area contributed by atoms with Crippen LogP contribution in [0.15, 0.2) is 0 Å². The Hall–Kier alpha value is -1.59. The van der Waals surface area contributed by atoms with Crippen LogP contribution in [0.1, 0.15) is 53.9 Å². The molecule has 6 nitrogen and oxygen atoms in total. The summed E-state index contributed by atoms with van der Waals surface area (Å²) in [4.78, 5) is 15.6. The zero-order chi connectivity index (χ0) is 15.7. The Bertz CT molecular complexity index is 405. The topological polar surface area (TPSA) is 66.0 Å². The molecule has 1 unspecified atom stereocenters. The highest BCUT2D eigenvalue weighted by atomic mass is 15.3. The number of aromatic nitrogens is 3. The Kier molecular flexibility index (Phi) is 7.79. The van der Waals surface area contributed by atoms with Gasteiger partial charge in [-0.2, -0.15) is 15.0 Å². The highest BCUT2D eigenvalue weighted by Gasteiger charge is 2.12. The van der Waals surface area contributed by atoms with E-state index in [2.05, 4.69) is 58.2 Å². The van der Waals surface area contributed by atoms with E-state index in [9.17, 15) is 0 Å². The molecule has 0 fully saturated rings. The number of hydrogen-bond acceptors (Lipinski definition) is 6. The van der Waals surface area contributed by atoms with Gasteiger partial charge in [0.1, 0.15) is 0 Å². The van der Waals surface area contributed by atoms with E-state index in [1.165, 1.54) is 12.8 Å². The highest BCUT2D eigenvalue weighted by molar-refractivity contribution is 5.44. The molecule has 0 aliphatic heterocycles. The fourth-order valence-electron chi connectivity index (χ4n) is 2.12. The third kappa shape index (κ3) is 5.73. The SMILES string of the molecule is CCCCC(C)Nc1nc(NCC)nc(N(CC)CC)n1. The van der Waals surface area contributed by atoms with Crippen molar-refractivity contribution in [3.05, 3.63) is 0 Å². The van der Waals surface area contributed by atoms with Gasteiger partial charge in [-0.15, -0.1) is 0 Å². The average Bonchev–Trinajstić information content (AvgIpc) is 2.46. The summed E-state index contributed by atoms with van der Waals surface area (Å²) in [5.41, 5.74) is 0. The summed E-state index contributed by atoms with van der Waals surface area (Å²) < 4.78 is 0. The van der Waals surface area contributed by atoms with E-state index in [1.54, 1.807) is 0 Å². The van der Waals surface area contributed by atoms with Crippen molar-refractivity contribution < 1.29 is 0 Å². The Morgan fingerprint density at radius 3 is 2.24 bits per heavy atom. The first kappa shape index (κ1) is 17.5. The van der Waals surface area contributed by atoms with Crippen LogP contribution in [-0.4, -0.2) is 40.6 Å². The number of rotatable bonds is 10. The summed E-state index contributed by atoms with van der Waals surface area (Å²) in [6.07, 6.45) is 3.54. The number of hydrogen-bond donors (Lipinski definition) is 2. The molecule has 1 aromatic heterocycles. The lowest BCUT2D eigenvalue weighted by Gasteiger charge is -2.21. The van der Waals surface area contributed by atoms with Crippen LogP contribution < -0.4 is 15.5 Å². The summed E-state index contributed by atoms with van der Waals surface area (Å²) >= 11 is 0. The molecule has 1 atom stereocenters. The van der Waals surface area contributed by atoms with Gasteiger partial charge in [0.2, 0.25) is 17.8 Å². The molecule has 21 heavy (non-hydrogen) atoms. The van der Waals surface area contributed by atoms with E-state index in [4.69, 9.17) is 0 Å². The van der Waals surface area contributed by atoms with E-state index < -0.39 is 0 Å². The third-order valence-corrected chi connectivity index (χ3v) is 3.37. The van der Waals surface area contributed by atoms with Crippen LogP contribution in [0.2, 0.25) is 0 Å². The van der Waals surface area contributed by atoms with E-state index in [-0.39, 0.29) is 0 Å². The molecule has 0 aliphatic rings. The number of nitrogens with zero attached hydrogens (tertiary/aromatic N) is 4. The molecule has 2 N–H and O–H groups in total. The van der Waals surface area contributed by atoms with Crippen molar-refractivity contribution in [2.24, 2.45) is 0 Å². The maximum Gasteiger partial charge on any atom is 0.231 e. The molecule has 0 saturated heterocycles. The van der Waals surface area contributed by atoms with Crippen molar-refractivity contribution in [2.75, 3.05) is 35.2 Å². The fourth-order valence-corrected chi connectivity index (χ4v) is 2.12. The van der Waals surface area contributed by atoms with Gasteiger partial charge >= 0.3 is 0 Å². The summed E-state index contributed by atoms with van der Waals surface area (Å²) in [5, 5.41) is 6.57. The molecule has 0 spiro atoms. The predicted molar refractivity (Wildman–Crippen MR) is 90.2 cm³/mol. The molecule has 120 valence electrons. The minimum Gasteiger partial charge on any atom is -0.354 e. The third-order valence-electron chi connectivity index (χ3n) is 3.37. The van der Waals surface area contributed by atoms with Crippen LogP contribution in [0, 0.1) is 0 Å². The van der Waals surface area contributed by atoms with Gasteiger partial charge in [0.25, 0.3) is 0 Å². The van der Waals surface area contributed by atoms with Crippen LogP contribution >= 0.6 is 0 Å². The predicted octanol–water partition coefficient (Wildman–Crippen LogP) is 3.14. The van der Waals surface area contributed by atoms with Crippen molar-refractivity contribution in [1.29, 1.82) is 0 Å². The summed E-state index contributed by atoms with van der Waals surface area (Å²) in [7, 11) is 0. The quantitative estimate of drug-likeness (QED) is 0.691. The van der Waals surface area contributed by atoms with Crippen molar-refractivity contribution in [3.63, 3.8) is 0 Å². The molecular weight excluding hydrogens is 264 g/mol. The van der Waals surface area contributed by atoms with Crippen LogP contribution in [0.4, 0.5) is 17.8 Å². The zero-order valence-corrected chi connectivity index (χ0v) is 14.1. The van der Waals surface area contributed by atoms with E-state index in [0.29, 0.717) is 17.9 Å². The van der Waals surface area contributed by atoms with Crippen molar-refractivity contribution >= 4 is 17.8 Å². The molecular formula is C15H30N6. The lowest BCUT2D eigenvalue weighted by atomic mass is 10.1. The van der Waals surface area contributed by atoms with E-state index in [0.717, 1.165) is 32.0 Å². The first-order chi connectivity index (χ1) is 10.1. The summed E-state index contributed by atoms with van der Waals surface area (Å²) in [5.74, 6) is 2.03. The minimum atomic E-state index is 0.367. The van der Waals surface area contributed by atoms with Gasteiger partial charge in [-0.25, -0.2) is 0 Å². The first-order valence-electron chi connectivity index (χ1n) is 8.15. The van der Waals surface area contributed by atoms with Crippen molar-refractivity contribution in [2.45, 2.75) is 59.9 Å². The molecule has 0 bridgehead atoms. The van der Waals surface area contributed by atoms with Crippen molar-refractivity contribution in [1.82, 2.24) is 15.0 Å². The monoisotopic (exact) mass is 294 g/mol. The maximum absolute atomic E-state index is 4.56. The molecule has 0 saturated carbocycles. The van der Waals surface area contributed by atoms with Gasteiger partial charge in [-0.1, -0.05) is 19.8 Å². The molecule has 1 aromatic rings. The van der Waals surface area contributed by atoms with Crippen LogP contribution in [0.25, 0.3) is 0 Å². The Balaban J connectivity index is 2.90. The normalized spacial score (nSPS) is 12.0. The fraction of sp³-hybridized carbons (Fsp3) is 0.800. The summed E-state index contributed by atoms with van der Waals surface area (Å²) in [6.45, 7) is 13.2. The van der Waals surface area contributed by atoms with Crippen LogP contribution in [-0.2, 0) is 0 Å². The number of nitrogens with one attached hydrogen (secondary N) is 2. The maximum atomic E-state index is 4.56. The van der Waals surface area contributed by atoms with Gasteiger partial charge in [-0.05, 0) is 34.1 Å². The molecule has 6 heteroatoms. The van der Waals surface area contributed by atoms with Gasteiger partial charge < -0.3 is 15.5 Å². The molecule has 1 rings (SSSR count). The second-order valence-electron chi connectivity index (χ2n) is 5.17. The van der Waals surface area contributed by atoms with Gasteiger partial charge in [-0.3, -0.25) is 0 Å². The van der Waals surface area contributed by atoms with Crippen molar-refractivity contribution in [3.8, 4) is 0 Å². The minimum absolute atomic E-state index is 0.367. The summed E-state index contributed by atoms with van der Waals surface area (Å²) in [6, 6.07) is 0.367. The van der Waals surface area contributed by atoms with Gasteiger partial charge in [0.15, 0.2) is 0 Å². The Labute approximate surface area is 128 Å². The Morgan fingerprint density at radius 1 is 1.00 bits per heavy atom. The Morgan fingerprint density at radius 2 is 1.67 bits per heavy atom. The zero-order valence-electron chi connectivity index (χ0n) is 14.1. The largest absolute Gasteiger partial charge is 0.354 e. The molecule has 0 aliphatic carbocycles. The van der Waals surface area contributed by atoms with Crippen LogP contribution in [0.3, 0.4) is 0 Å². The van der Waals surface area contributed by atoms with Crippen LogP contribution in [0.5, 0.6) is 0 Å². The smallest absolute Gasteiger partial charge is 0.231 e.